The lowest BCUT2D eigenvalue weighted by molar-refractivity contribution is -0.144. The third-order valence-electron chi connectivity index (χ3n) is 4.95. The Labute approximate surface area is 167 Å². The quantitative estimate of drug-likeness (QED) is 0.396. The largest absolute Gasteiger partial charge is 0.453 e. The summed E-state index contributed by atoms with van der Waals surface area (Å²) >= 11 is 0. The molecule has 0 bridgehead atoms. The second-order valence-corrected chi connectivity index (χ2v) is 6.94. The molecule has 1 N–H and O–H groups in total. The van der Waals surface area contributed by atoms with Crippen LogP contribution in [0.15, 0.2) is 54.9 Å². The van der Waals surface area contributed by atoms with Crippen LogP contribution >= 0.6 is 0 Å². The lowest BCUT2D eigenvalue weighted by Gasteiger charge is -2.12. The van der Waals surface area contributed by atoms with Gasteiger partial charge in [0.05, 0.1) is 11.7 Å². The van der Waals surface area contributed by atoms with Crippen molar-refractivity contribution in [2.45, 2.75) is 13.1 Å². The number of fused-ring (bicyclic) bond motifs is 2. The van der Waals surface area contributed by atoms with Crippen molar-refractivity contribution in [3.8, 4) is 22.3 Å². The molecule has 5 aromatic rings. The summed E-state index contributed by atoms with van der Waals surface area (Å²) in [5.74, 6) is -1.63. The van der Waals surface area contributed by atoms with Gasteiger partial charge < -0.3 is 0 Å². The molecule has 5 nitrogen and oxygen atoms in total. The second-order valence-electron chi connectivity index (χ2n) is 6.94. The average Bonchev–Trinajstić information content (AvgIpc) is 3.34. The zero-order chi connectivity index (χ0) is 21.0. The van der Waals surface area contributed by atoms with E-state index >= 15 is 0 Å². The van der Waals surface area contributed by atoms with Gasteiger partial charge in [-0.1, -0.05) is 12.1 Å². The van der Waals surface area contributed by atoms with Gasteiger partial charge in [-0.3, -0.25) is 5.10 Å². The van der Waals surface area contributed by atoms with Crippen molar-refractivity contribution in [2.24, 2.45) is 0 Å². The SMILES string of the molecule is Cc1cc(-c2c(-c3ccc(F)cc3)ccn3nc(C(F)(F)F)nc23)cc2cn[nH]c12. The van der Waals surface area contributed by atoms with Crippen LogP contribution in [0.5, 0.6) is 0 Å². The molecule has 30 heavy (non-hydrogen) atoms. The number of hydrogen-bond donors (Lipinski definition) is 1. The number of nitrogens with one attached hydrogen (secondary N) is 1. The minimum Gasteiger partial charge on any atom is -0.278 e. The predicted octanol–water partition coefficient (Wildman–Crippen LogP) is 5.41. The first-order valence-electron chi connectivity index (χ1n) is 8.98. The van der Waals surface area contributed by atoms with Crippen LogP contribution in [-0.2, 0) is 6.18 Å². The Kier molecular flexibility index (Phi) is 3.89. The number of rotatable bonds is 2. The van der Waals surface area contributed by atoms with E-state index in [1.54, 1.807) is 24.4 Å². The summed E-state index contributed by atoms with van der Waals surface area (Å²) in [6, 6.07) is 11.1. The van der Waals surface area contributed by atoms with Crippen LogP contribution in [-0.4, -0.2) is 24.8 Å². The molecule has 0 saturated heterocycles. The van der Waals surface area contributed by atoms with Crippen LogP contribution in [0.2, 0.25) is 0 Å². The number of pyridine rings is 1. The number of benzene rings is 2. The maximum atomic E-state index is 13.4. The molecule has 0 aliphatic heterocycles. The van der Waals surface area contributed by atoms with Gasteiger partial charge >= 0.3 is 6.18 Å². The number of aryl methyl sites for hydroxylation is 1. The molecule has 0 atom stereocenters. The van der Waals surface area contributed by atoms with Crippen LogP contribution in [0.3, 0.4) is 0 Å². The summed E-state index contributed by atoms with van der Waals surface area (Å²) in [5, 5.41) is 11.4. The van der Waals surface area contributed by atoms with Gasteiger partial charge in [0.15, 0.2) is 5.65 Å². The highest BCUT2D eigenvalue weighted by Crippen LogP contribution is 2.38. The van der Waals surface area contributed by atoms with Crippen LogP contribution in [0.4, 0.5) is 17.6 Å². The first-order chi connectivity index (χ1) is 14.3. The van der Waals surface area contributed by atoms with Crippen LogP contribution in [0.1, 0.15) is 11.4 Å². The summed E-state index contributed by atoms with van der Waals surface area (Å²) in [6.07, 6.45) is -1.61. The van der Waals surface area contributed by atoms with E-state index in [4.69, 9.17) is 0 Å². The summed E-state index contributed by atoms with van der Waals surface area (Å²) in [7, 11) is 0. The number of H-pyrrole nitrogens is 1. The van der Waals surface area contributed by atoms with E-state index in [0.29, 0.717) is 22.3 Å². The number of halogens is 4. The van der Waals surface area contributed by atoms with E-state index < -0.39 is 17.8 Å². The van der Waals surface area contributed by atoms with Crippen LogP contribution in [0.25, 0.3) is 38.8 Å². The normalized spacial score (nSPS) is 12.2. The molecule has 0 spiro atoms. The first kappa shape index (κ1) is 18.3. The van der Waals surface area contributed by atoms with Crippen molar-refractivity contribution in [2.75, 3.05) is 0 Å². The fraction of sp³-hybridized carbons (Fsp3) is 0.0952. The number of hydrogen-bond acceptors (Lipinski definition) is 3. The summed E-state index contributed by atoms with van der Waals surface area (Å²) in [6.45, 7) is 1.88. The molecule has 5 rings (SSSR count). The molecular formula is C21H13F4N5. The molecule has 0 unspecified atom stereocenters. The predicted molar refractivity (Wildman–Crippen MR) is 103 cm³/mol. The Bertz CT molecular complexity index is 1400. The number of aromatic amines is 1. The van der Waals surface area contributed by atoms with Gasteiger partial charge in [0, 0.05) is 17.1 Å². The van der Waals surface area contributed by atoms with E-state index in [1.165, 1.54) is 18.3 Å². The van der Waals surface area contributed by atoms with E-state index in [2.05, 4.69) is 20.3 Å². The molecule has 3 aromatic heterocycles. The topological polar surface area (TPSA) is 58.9 Å². The maximum Gasteiger partial charge on any atom is 0.453 e. The molecule has 2 aromatic carbocycles. The van der Waals surface area contributed by atoms with Crippen molar-refractivity contribution in [1.82, 2.24) is 24.8 Å². The van der Waals surface area contributed by atoms with Gasteiger partial charge in [0.1, 0.15) is 5.82 Å². The standard InChI is InChI=1S/C21H13F4N5/c1-11-8-13(9-14-10-26-28-18(11)14)17-16(12-2-4-15(22)5-3-12)6-7-30-19(17)27-20(29-30)21(23,24)25/h2-10H,1H3,(H,26,28). The van der Waals surface area contributed by atoms with Gasteiger partial charge in [0.2, 0.25) is 0 Å². The van der Waals surface area contributed by atoms with Gasteiger partial charge in [-0.2, -0.15) is 18.3 Å². The lowest BCUT2D eigenvalue weighted by atomic mass is 9.94. The fourth-order valence-corrected chi connectivity index (χ4v) is 3.60. The third kappa shape index (κ3) is 2.90. The Morgan fingerprint density at radius 2 is 1.77 bits per heavy atom. The number of aromatic nitrogens is 5. The molecule has 0 amide bonds. The monoisotopic (exact) mass is 411 g/mol. The first-order valence-corrected chi connectivity index (χ1v) is 8.98. The summed E-state index contributed by atoms with van der Waals surface area (Å²) in [4.78, 5) is 3.79. The van der Waals surface area contributed by atoms with Gasteiger partial charge in [-0.25, -0.2) is 13.9 Å². The number of nitrogens with zero attached hydrogens (tertiary/aromatic N) is 4. The number of alkyl halides is 3. The third-order valence-corrected chi connectivity index (χ3v) is 4.95. The van der Waals surface area contributed by atoms with Crippen LogP contribution in [0, 0.1) is 12.7 Å². The highest BCUT2D eigenvalue weighted by atomic mass is 19.4. The molecule has 9 heteroatoms. The maximum absolute atomic E-state index is 13.4. The Morgan fingerprint density at radius 3 is 2.50 bits per heavy atom. The summed E-state index contributed by atoms with van der Waals surface area (Å²) < 4.78 is 54.4. The van der Waals surface area contributed by atoms with E-state index in [9.17, 15) is 17.6 Å². The molecule has 0 aliphatic rings. The molecule has 3 heterocycles. The Balaban J connectivity index is 1.86. The van der Waals surface area contributed by atoms with E-state index in [0.717, 1.165) is 21.0 Å². The van der Waals surface area contributed by atoms with Crippen molar-refractivity contribution in [3.63, 3.8) is 0 Å². The van der Waals surface area contributed by atoms with Crippen molar-refractivity contribution in [1.29, 1.82) is 0 Å². The molecule has 0 saturated carbocycles. The second kappa shape index (κ2) is 6.38. The average molecular weight is 411 g/mol. The molecule has 0 fully saturated rings. The highest BCUT2D eigenvalue weighted by molar-refractivity contribution is 5.96. The van der Waals surface area contributed by atoms with Crippen molar-refractivity contribution in [3.05, 3.63) is 72.1 Å². The molecule has 150 valence electrons. The lowest BCUT2D eigenvalue weighted by Crippen LogP contribution is -2.07. The van der Waals surface area contributed by atoms with Gasteiger partial charge in [0.25, 0.3) is 5.82 Å². The Morgan fingerprint density at radius 1 is 1.00 bits per heavy atom. The molecule has 0 aliphatic carbocycles. The fourth-order valence-electron chi connectivity index (χ4n) is 3.60. The minimum atomic E-state index is -4.68. The van der Waals surface area contributed by atoms with Gasteiger partial charge in [-0.05, 0) is 59.5 Å². The molecule has 0 radical (unpaired) electrons. The minimum absolute atomic E-state index is 0.0615. The highest BCUT2D eigenvalue weighted by Gasteiger charge is 2.36. The summed E-state index contributed by atoms with van der Waals surface area (Å²) in [5.41, 5.74) is 4.17. The smallest absolute Gasteiger partial charge is 0.278 e. The zero-order valence-electron chi connectivity index (χ0n) is 15.5. The van der Waals surface area contributed by atoms with Crippen molar-refractivity contribution >= 4 is 16.6 Å². The van der Waals surface area contributed by atoms with Crippen LogP contribution < -0.4 is 0 Å². The zero-order valence-corrected chi connectivity index (χ0v) is 15.5. The van der Waals surface area contributed by atoms with E-state index in [1.807, 2.05) is 19.1 Å². The van der Waals surface area contributed by atoms with Gasteiger partial charge in [-0.15, -0.1) is 5.10 Å². The van der Waals surface area contributed by atoms with Crippen molar-refractivity contribution < 1.29 is 17.6 Å². The molecular weight excluding hydrogens is 398 g/mol. The Hall–Kier alpha value is -3.75. The van der Waals surface area contributed by atoms with E-state index in [-0.39, 0.29) is 5.65 Å².